The number of para-hydroxylation sites is 1. The number of benzene rings is 2. The Morgan fingerprint density at radius 1 is 1.19 bits per heavy atom. The Morgan fingerprint density at radius 3 is 2.76 bits per heavy atom. The molecule has 0 amide bonds. The molecule has 0 fully saturated rings. The number of nitrogens with two attached hydrogens (primary N) is 1. The zero-order valence-electron chi connectivity index (χ0n) is 11.1. The first-order valence-electron chi connectivity index (χ1n) is 6.21. The van der Waals surface area contributed by atoms with Crippen molar-refractivity contribution in [1.82, 2.24) is 10.1 Å². The van der Waals surface area contributed by atoms with Crippen LogP contribution in [-0.4, -0.2) is 10.1 Å². The smallest absolute Gasteiger partial charge is 0.260 e. The van der Waals surface area contributed by atoms with Gasteiger partial charge >= 0.3 is 0 Å². The molecule has 3 aromatic rings. The Hall–Kier alpha value is -1.85. The van der Waals surface area contributed by atoms with Crippen LogP contribution in [0.2, 0.25) is 5.02 Å². The molecule has 0 bridgehead atoms. The number of nitrogens with zero attached hydrogens (tertiary/aromatic N) is 2. The van der Waals surface area contributed by atoms with E-state index in [4.69, 9.17) is 21.9 Å². The molecule has 0 spiro atoms. The van der Waals surface area contributed by atoms with Crippen LogP contribution in [0.3, 0.4) is 0 Å². The van der Waals surface area contributed by atoms with E-state index in [0.717, 1.165) is 15.6 Å². The molecule has 0 saturated heterocycles. The summed E-state index contributed by atoms with van der Waals surface area (Å²) < 4.78 is 6.22. The molecule has 1 aromatic heterocycles. The summed E-state index contributed by atoms with van der Waals surface area (Å²) in [7, 11) is 0. The predicted octanol–water partition coefficient (Wildman–Crippen LogP) is 4.71. The van der Waals surface area contributed by atoms with E-state index in [1.807, 2.05) is 25.1 Å². The fourth-order valence-electron chi connectivity index (χ4n) is 1.97. The molecule has 6 heteroatoms. The fourth-order valence-corrected chi connectivity index (χ4v) is 2.81. The fraction of sp³-hybridized carbons (Fsp3) is 0.0667. The maximum Gasteiger partial charge on any atom is 0.260 e. The molecule has 2 aromatic carbocycles. The third-order valence-corrected chi connectivity index (χ3v) is 4.06. The van der Waals surface area contributed by atoms with Crippen molar-refractivity contribution < 1.29 is 4.52 Å². The zero-order valence-corrected chi connectivity index (χ0v) is 13.4. The summed E-state index contributed by atoms with van der Waals surface area (Å²) in [5.74, 6) is 0.841. The normalized spacial score (nSPS) is 10.8. The average molecular weight is 365 g/mol. The maximum atomic E-state index is 6.01. The number of aryl methyl sites for hydroxylation is 1. The van der Waals surface area contributed by atoms with Crippen LogP contribution >= 0.6 is 27.5 Å². The van der Waals surface area contributed by atoms with E-state index in [-0.39, 0.29) is 0 Å². The van der Waals surface area contributed by atoms with Crippen LogP contribution in [0.1, 0.15) is 5.56 Å². The van der Waals surface area contributed by atoms with Crippen LogP contribution in [0.25, 0.3) is 22.8 Å². The van der Waals surface area contributed by atoms with Gasteiger partial charge in [-0.25, -0.2) is 0 Å². The highest BCUT2D eigenvalue weighted by Gasteiger charge is 2.15. The summed E-state index contributed by atoms with van der Waals surface area (Å²) in [6.45, 7) is 2.02. The number of hydrogen-bond acceptors (Lipinski definition) is 4. The van der Waals surface area contributed by atoms with Gasteiger partial charge in [-0.2, -0.15) is 4.98 Å². The quantitative estimate of drug-likeness (QED) is 0.669. The molecule has 1 heterocycles. The summed E-state index contributed by atoms with van der Waals surface area (Å²) in [5, 5.41) is 4.47. The van der Waals surface area contributed by atoms with Crippen LogP contribution in [0.15, 0.2) is 45.4 Å². The van der Waals surface area contributed by atoms with Gasteiger partial charge in [-0.1, -0.05) is 44.8 Å². The second kappa shape index (κ2) is 5.50. The molecule has 2 N–H and O–H groups in total. The van der Waals surface area contributed by atoms with Crippen molar-refractivity contribution in [1.29, 1.82) is 0 Å². The van der Waals surface area contributed by atoms with Crippen LogP contribution in [-0.2, 0) is 0 Å². The maximum absolute atomic E-state index is 6.01. The van der Waals surface area contributed by atoms with Crippen LogP contribution in [0.4, 0.5) is 5.69 Å². The number of aromatic nitrogens is 2. The standard InChI is InChI=1S/C15H11BrClN3O/c1-8-5-6-9(11(16)7-8)14-19-15(21-20-14)10-3-2-4-12(17)13(10)18/h2-7H,18H2,1H3. The van der Waals surface area contributed by atoms with Gasteiger partial charge < -0.3 is 10.3 Å². The van der Waals surface area contributed by atoms with Gasteiger partial charge in [0.2, 0.25) is 5.82 Å². The average Bonchev–Trinajstić information content (AvgIpc) is 2.91. The topological polar surface area (TPSA) is 64.9 Å². The van der Waals surface area contributed by atoms with Gasteiger partial charge in [-0.05, 0) is 36.8 Å². The Morgan fingerprint density at radius 2 is 2.00 bits per heavy atom. The Kier molecular flexibility index (Phi) is 3.69. The monoisotopic (exact) mass is 363 g/mol. The van der Waals surface area contributed by atoms with E-state index in [9.17, 15) is 0 Å². The molecule has 106 valence electrons. The van der Waals surface area contributed by atoms with Crippen LogP contribution < -0.4 is 5.73 Å². The first-order valence-corrected chi connectivity index (χ1v) is 7.38. The Labute approximate surface area is 135 Å². The van der Waals surface area contributed by atoms with Gasteiger partial charge in [0.1, 0.15) is 0 Å². The van der Waals surface area contributed by atoms with Gasteiger partial charge in [0.25, 0.3) is 5.89 Å². The minimum Gasteiger partial charge on any atom is -0.397 e. The Bertz CT molecular complexity index is 816. The SMILES string of the molecule is Cc1ccc(-c2noc(-c3cccc(Cl)c3N)n2)c(Br)c1. The summed E-state index contributed by atoms with van der Waals surface area (Å²) in [6, 6.07) is 11.2. The van der Waals surface area contributed by atoms with Crippen molar-refractivity contribution in [2.24, 2.45) is 0 Å². The van der Waals surface area contributed by atoms with Gasteiger partial charge in [-0.15, -0.1) is 0 Å². The lowest BCUT2D eigenvalue weighted by Crippen LogP contribution is -1.91. The van der Waals surface area contributed by atoms with Gasteiger partial charge in [0.15, 0.2) is 0 Å². The second-order valence-corrected chi connectivity index (χ2v) is 5.87. The predicted molar refractivity (Wildman–Crippen MR) is 87.0 cm³/mol. The molecule has 0 aliphatic heterocycles. The molecule has 0 aliphatic carbocycles. The number of nitrogen functional groups attached to an aromatic ring is 1. The molecular formula is C15H11BrClN3O. The highest BCUT2D eigenvalue weighted by molar-refractivity contribution is 9.10. The van der Waals surface area contributed by atoms with Crippen molar-refractivity contribution in [3.8, 4) is 22.8 Å². The number of anilines is 1. The number of hydrogen-bond donors (Lipinski definition) is 1. The lowest BCUT2D eigenvalue weighted by Gasteiger charge is -2.02. The molecule has 0 unspecified atom stereocenters. The van der Waals surface area contributed by atoms with Crippen molar-refractivity contribution >= 4 is 33.2 Å². The van der Waals surface area contributed by atoms with E-state index in [1.54, 1.807) is 18.2 Å². The summed E-state index contributed by atoms with van der Waals surface area (Å²) >= 11 is 9.52. The van der Waals surface area contributed by atoms with E-state index in [0.29, 0.717) is 28.0 Å². The van der Waals surface area contributed by atoms with E-state index < -0.39 is 0 Å². The van der Waals surface area contributed by atoms with Crippen LogP contribution in [0.5, 0.6) is 0 Å². The third kappa shape index (κ3) is 2.66. The number of halogens is 2. The van der Waals surface area contributed by atoms with E-state index >= 15 is 0 Å². The lowest BCUT2D eigenvalue weighted by molar-refractivity contribution is 0.432. The minimum absolute atomic E-state index is 0.345. The number of rotatable bonds is 2. The first-order chi connectivity index (χ1) is 10.1. The van der Waals surface area contributed by atoms with Gasteiger partial charge in [0, 0.05) is 10.0 Å². The second-order valence-electron chi connectivity index (χ2n) is 4.61. The largest absolute Gasteiger partial charge is 0.397 e. The molecule has 4 nitrogen and oxygen atoms in total. The molecular weight excluding hydrogens is 354 g/mol. The zero-order chi connectivity index (χ0) is 15.0. The first kappa shape index (κ1) is 14.1. The van der Waals surface area contributed by atoms with E-state index in [1.165, 1.54) is 0 Å². The summed E-state index contributed by atoms with van der Waals surface area (Å²) in [6.07, 6.45) is 0. The molecule has 0 saturated carbocycles. The lowest BCUT2D eigenvalue weighted by atomic mass is 10.1. The summed E-state index contributed by atoms with van der Waals surface area (Å²) in [5.41, 5.74) is 9.00. The molecule has 0 aliphatic rings. The third-order valence-electron chi connectivity index (χ3n) is 3.07. The van der Waals surface area contributed by atoms with Gasteiger partial charge in [-0.3, -0.25) is 0 Å². The molecule has 0 atom stereocenters. The van der Waals surface area contributed by atoms with Crippen molar-refractivity contribution in [3.63, 3.8) is 0 Å². The van der Waals surface area contributed by atoms with Crippen LogP contribution in [0, 0.1) is 6.92 Å². The summed E-state index contributed by atoms with van der Waals surface area (Å²) in [4.78, 5) is 4.40. The molecule has 3 rings (SSSR count). The highest BCUT2D eigenvalue weighted by Crippen LogP contribution is 2.33. The highest BCUT2D eigenvalue weighted by atomic mass is 79.9. The van der Waals surface area contributed by atoms with Crippen molar-refractivity contribution in [3.05, 3.63) is 51.5 Å². The van der Waals surface area contributed by atoms with Gasteiger partial charge in [0.05, 0.1) is 16.3 Å². The Balaban J connectivity index is 2.06. The molecule has 21 heavy (non-hydrogen) atoms. The van der Waals surface area contributed by atoms with E-state index in [2.05, 4.69) is 26.1 Å². The van der Waals surface area contributed by atoms with Crippen molar-refractivity contribution in [2.45, 2.75) is 6.92 Å². The molecule has 0 radical (unpaired) electrons. The minimum atomic E-state index is 0.345. The van der Waals surface area contributed by atoms with Crippen molar-refractivity contribution in [2.75, 3.05) is 5.73 Å².